The summed E-state index contributed by atoms with van der Waals surface area (Å²) in [6.07, 6.45) is 7.69. The molecule has 3 heteroatoms. The second-order valence-corrected chi connectivity index (χ2v) is 5.51. The number of nitrogens with one attached hydrogen (secondary N) is 1. The van der Waals surface area contributed by atoms with Crippen molar-refractivity contribution in [3.05, 3.63) is 0 Å². The first kappa shape index (κ1) is 11.9. The maximum atomic E-state index is 12.0. The molecule has 92 valence electrons. The van der Waals surface area contributed by atoms with E-state index in [4.69, 9.17) is 5.73 Å². The molecule has 0 heterocycles. The van der Waals surface area contributed by atoms with Gasteiger partial charge in [0.25, 0.3) is 0 Å². The maximum Gasteiger partial charge on any atom is 0.223 e. The first-order chi connectivity index (χ1) is 7.70. The van der Waals surface area contributed by atoms with Crippen molar-refractivity contribution in [1.29, 1.82) is 0 Å². The number of hydrogen-bond donors (Lipinski definition) is 2. The Morgan fingerprint density at radius 1 is 1.31 bits per heavy atom. The van der Waals surface area contributed by atoms with Gasteiger partial charge in [0, 0.05) is 18.0 Å². The van der Waals surface area contributed by atoms with Crippen LogP contribution < -0.4 is 11.1 Å². The zero-order valence-electron chi connectivity index (χ0n) is 10.2. The summed E-state index contributed by atoms with van der Waals surface area (Å²) < 4.78 is 0. The summed E-state index contributed by atoms with van der Waals surface area (Å²) in [5, 5.41) is 3.19. The molecule has 2 unspecified atom stereocenters. The normalized spacial score (nSPS) is 38.1. The minimum Gasteiger partial charge on any atom is -0.353 e. The molecule has 0 aliphatic heterocycles. The van der Waals surface area contributed by atoms with Gasteiger partial charge in [0.15, 0.2) is 0 Å². The fraction of sp³-hybridized carbons (Fsp3) is 0.923. The highest BCUT2D eigenvalue weighted by Crippen LogP contribution is 2.35. The van der Waals surface area contributed by atoms with Gasteiger partial charge < -0.3 is 11.1 Å². The fourth-order valence-corrected chi connectivity index (χ4v) is 2.80. The summed E-state index contributed by atoms with van der Waals surface area (Å²) in [6, 6.07) is 0.820. The van der Waals surface area contributed by atoms with Crippen LogP contribution in [0.2, 0.25) is 0 Å². The van der Waals surface area contributed by atoms with Crippen molar-refractivity contribution in [3.8, 4) is 0 Å². The molecule has 2 aliphatic rings. The van der Waals surface area contributed by atoms with Crippen LogP contribution in [0, 0.1) is 11.8 Å². The highest BCUT2D eigenvalue weighted by molar-refractivity contribution is 5.79. The number of rotatable bonds is 4. The van der Waals surface area contributed by atoms with Crippen LogP contribution in [0.1, 0.15) is 51.9 Å². The van der Waals surface area contributed by atoms with E-state index in [1.807, 2.05) is 0 Å². The fourth-order valence-electron chi connectivity index (χ4n) is 2.80. The SMILES string of the molecule is CCCC1CC1NC(=O)C1CCC(N)CC1. The van der Waals surface area contributed by atoms with Crippen LogP contribution in [-0.2, 0) is 4.79 Å². The second kappa shape index (κ2) is 5.17. The van der Waals surface area contributed by atoms with E-state index in [-0.39, 0.29) is 11.8 Å². The monoisotopic (exact) mass is 224 g/mol. The predicted octanol–water partition coefficient (Wildman–Crippen LogP) is 1.81. The summed E-state index contributed by atoms with van der Waals surface area (Å²) in [7, 11) is 0. The van der Waals surface area contributed by atoms with Gasteiger partial charge in [-0.3, -0.25) is 4.79 Å². The zero-order chi connectivity index (χ0) is 11.5. The largest absolute Gasteiger partial charge is 0.353 e. The summed E-state index contributed by atoms with van der Waals surface area (Å²) in [4.78, 5) is 12.0. The van der Waals surface area contributed by atoms with Crippen LogP contribution in [0.25, 0.3) is 0 Å². The van der Waals surface area contributed by atoms with Crippen molar-refractivity contribution >= 4 is 5.91 Å². The molecule has 2 saturated carbocycles. The highest BCUT2D eigenvalue weighted by Gasteiger charge is 2.38. The molecule has 0 aromatic heterocycles. The number of carbonyl (C=O) groups is 1. The highest BCUT2D eigenvalue weighted by atomic mass is 16.2. The molecule has 3 nitrogen and oxygen atoms in total. The molecule has 0 spiro atoms. The molecular weight excluding hydrogens is 200 g/mol. The Bertz CT molecular complexity index is 246. The molecule has 2 atom stereocenters. The molecule has 3 N–H and O–H groups in total. The van der Waals surface area contributed by atoms with Crippen LogP contribution >= 0.6 is 0 Å². The van der Waals surface area contributed by atoms with Gasteiger partial charge in [-0.15, -0.1) is 0 Å². The Morgan fingerprint density at radius 2 is 2.00 bits per heavy atom. The summed E-state index contributed by atoms with van der Waals surface area (Å²) in [5.74, 6) is 1.29. The molecule has 2 aliphatic carbocycles. The van der Waals surface area contributed by atoms with Crippen LogP contribution in [0.5, 0.6) is 0 Å². The molecule has 0 aromatic rings. The van der Waals surface area contributed by atoms with Crippen molar-refractivity contribution in [2.45, 2.75) is 64.0 Å². The lowest BCUT2D eigenvalue weighted by molar-refractivity contribution is -0.126. The van der Waals surface area contributed by atoms with E-state index in [1.54, 1.807) is 0 Å². The molecule has 2 rings (SSSR count). The first-order valence-electron chi connectivity index (χ1n) is 6.76. The van der Waals surface area contributed by atoms with Gasteiger partial charge >= 0.3 is 0 Å². The predicted molar refractivity (Wildman–Crippen MR) is 64.9 cm³/mol. The number of nitrogens with two attached hydrogens (primary N) is 1. The van der Waals surface area contributed by atoms with Crippen molar-refractivity contribution in [1.82, 2.24) is 5.32 Å². The van der Waals surface area contributed by atoms with Crippen molar-refractivity contribution in [2.24, 2.45) is 17.6 Å². The van der Waals surface area contributed by atoms with Gasteiger partial charge in [-0.05, 0) is 44.4 Å². The number of amides is 1. The molecule has 1 amide bonds. The van der Waals surface area contributed by atoms with Gasteiger partial charge in [-0.2, -0.15) is 0 Å². The first-order valence-corrected chi connectivity index (χ1v) is 6.76. The average Bonchev–Trinajstić information content (AvgIpc) is 2.98. The van der Waals surface area contributed by atoms with Crippen molar-refractivity contribution < 1.29 is 4.79 Å². The van der Waals surface area contributed by atoms with Gasteiger partial charge in [-0.1, -0.05) is 13.3 Å². The third kappa shape index (κ3) is 2.97. The zero-order valence-corrected chi connectivity index (χ0v) is 10.2. The lowest BCUT2D eigenvalue weighted by Gasteiger charge is -2.25. The Hall–Kier alpha value is -0.570. The van der Waals surface area contributed by atoms with Gasteiger partial charge in [0.05, 0.1) is 0 Å². The van der Waals surface area contributed by atoms with E-state index in [1.165, 1.54) is 19.3 Å². The lowest BCUT2D eigenvalue weighted by atomic mass is 9.86. The van der Waals surface area contributed by atoms with Gasteiger partial charge in [0.2, 0.25) is 5.91 Å². The summed E-state index contributed by atoms with van der Waals surface area (Å²) in [5.41, 5.74) is 5.84. The van der Waals surface area contributed by atoms with E-state index in [2.05, 4.69) is 12.2 Å². The van der Waals surface area contributed by atoms with Crippen LogP contribution in [0.4, 0.5) is 0 Å². The van der Waals surface area contributed by atoms with Crippen LogP contribution in [0.3, 0.4) is 0 Å². The van der Waals surface area contributed by atoms with Crippen LogP contribution in [-0.4, -0.2) is 18.0 Å². The minimum absolute atomic E-state index is 0.239. The number of hydrogen-bond acceptors (Lipinski definition) is 2. The second-order valence-electron chi connectivity index (χ2n) is 5.51. The Balaban J connectivity index is 1.69. The quantitative estimate of drug-likeness (QED) is 0.765. The Labute approximate surface area is 98.2 Å². The van der Waals surface area contributed by atoms with E-state index in [0.717, 1.165) is 31.6 Å². The third-order valence-electron chi connectivity index (χ3n) is 4.05. The van der Waals surface area contributed by atoms with Crippen LogP contribution in [0.15, 0.2) is 0 Å². The van der Waals surface area contributed by atoms with E-state index in [0.29, 0.717) is 12.1 Å². The summed E-state index contributed by atoms with van der Waals surface area (Å²) in [6.45, 7) is 2.21. The maximum absolute atomic E-state index is 12.0. The smallest absolute Gasteiger partial charge is 0.223 e. The Morgan fingerprint density at radius 3 is 2.62 bits per heavy atom. The Kier molecular flexibility index (Phi) is 3.85. The molecule has 0 saturated heterocycles. The molecule has 2 fully saturated rings. The molecule has 0 bridgehead atoms. The van der Waals surface area contributed by atoms with E-state index in [9.17, 15) is 4.79 Å². The van der Waals surface area contributed by atoms with Gasteiger partial charge in [0.1, 0.15) is 0 Å². The minimum atomic E-state index is 0.239. The van der Waals surface area contributed by atoms with Crippen molar-refractivity contribution in [2.75, 3.05) is 0 Å². The molecule has 0 aromatic carbocycles. The number of carbonyl (C=O) groups excluding carboxylic acids is 1. The van der Waals surface area contributed by atoms with E-state index < -0.39 is 0 Å². The standard InChI is InChI=1S/C13H24N2O/c1-2-3-10-8-12(10)15-13(16)9-4-6-11(14)7-5-9/h9-12H,2-8,14H2,1H3,(H,15,16). The molecule has 16 heavy (non-hydrogen) atoms. The van der Waals surface area contributed by atoms with Gasteiger partial charge in [-0.25, -0.2) is 0 Å². The average molecular weight is 224 g/mol. The summed E-state index contributed by atoms with van der Waals surface area (Å²) >= 11 is 0. The third-order valence-corrected chi connectivity index (χ3v) is 4.05. The molecular formula is C13H24N2O. The molecule has 0 radical (unpaired) electrons. The topological polar surface area (TPSA) is 55.1 Å². The van der Waals surface area contributed by atoms with Crippen molar-refractivity contribution in [3.63, 3.8) is 0 Å². The van der Waals surface area contributed by atoms with E-state index >= 15 is 0 Å². The lowest BCUT2D eigenvalue weighted by Crippen LogP contribution is -2.37.